The Morgan fingerprint density at radius 1 is 1.37 bits per heavy atom. The largest absolute Gasteiger partial charge is 0.494 e. The van der Waals surface area contributed by atoms with E-state index in [-0.39, 0.29) is 16.2 Å². The van der Waals surface area contributed by atoms with E-state index in [0.717, 1.165) is 26.1 Å². The SMILES string of the molecule is CCN(CC)CCCN=Cc1c(O)[nH]c(=S)[nH]c1=O. The lowest BCUT2D eigenvalue weighted by atomic mass is 10.3. The highest BCUT2D eigenvalue weighted by Gasteiger charge is 2.03. The van der Waals surface area contributed by atoms with Gasteiger partial charge in [-0.05, 0) is 38.3 Å². The Morgan fingerprint density at radius 3 is 2.63 bits per heavy atom. The molecule has 1 aromatic rings. The van der Waals surface area contributed by atoms with Gasteiger partial charge in [-0.25, -0.2) is 0 Å². The summed E-state index contributed by atoms with van der Waals surface area (Å²) in [5, 5.41) is 9.55. The molecule has 0 aromatic carbocycles. The van der Waals surface area contributed by atoms with Crippen molar-refractivity contribution in [3.63, 3.8) is 0 Å². The fourth-order valence-electron chi connectivity index (χ4n) is 1.69. The van der Waals surface area contributed by atoms with Crippen molar-refractivity contribution in [2.75, 3.05) is 26.2 Å². The van der Waals surface area contributed by atoms with Crippen molar-refractivity contribution in [1.29, 1.82) is 0 Å². The van der Waals surface area contributed by atoms with Gasteiger partial charge in [-0.15, -0.1) is 0 Å². The van der Waals surface area contributed by atoms with E-state index >= 15 is 0 Å². The van der Waals surface area contributed by atoms with Gasteiger partial charge in [0, 0.05) is 12.8 Å². The van der Waals surface area contributed by atoms with Crippen LogP contribution in [0.2, 0.25) is 0 Å². The molecule has 0 unspecified atom stereocenters. The highest BCUT2D eigenvalue weighted by molar-refractivity contribution is 7.71. The first-order valence-corrected chi connectivity index (χ1v) is 6.77. The highest BCUT2D eigenvalue weighted by atomic mass is 32.1. The number of aliphatic imine (C=N–C) groups is 1. The molecule has 6 nitrogen and oxygen atoms in total. The van der Waals surface area contributed by atoms with E-state index in [4.69, 9.17) is 12.2 Å². The third kappa shape index (κ3) is 4.96. The van der Waals surface area contributed by atoms with E-state index in [0.29, 0.717) is 6.54 Å². The van der Waals surface area contributed by atoms with Gasteiger partial charge in [-0.2, -0.15) is 0 Å². The van der Waals surface area contributed by atoms with Crippen molar-refractivity contribution in [2.24, 2.45) is 4.99 Å². The minimum absolute atomic E-state index is 0.0983. The molecule has 19 heavy (non-hydrogen) atoms. The summed E-state index contributed by atoms with van der Waals surface area (Å²) in [6, 6.07) is 0. The minimum Gasteiger partial charge on any atom is -0.494 e. The summed E-state index contributed by atoms with van der Waals surface area (Å²) in [6.45, 7) is 7.88. The van der Waals surface area contributed by atoms with E-state index in [2.05, 4.69) is 33.7 Å². The van der Waals surface area contributed by atoms with E-state index in [9.17, 15) is 9.90 Å². The Kier molecular flexibility index (Phi) is 6.44. The summed E-state index contributed by atoms with van der Waals surface area (Å²) in [7, 11) is 0. The number of H-pyrrole nitrogens is 2. The lowest BCUT2D eigenvalue weighted by molar-refractivity contribution is 0.302. The Morgan fingerprint density at radius 2 is 2.05 bits per heavy atom. The van der Waals surface area contributed by atoms with Crippen LogP contribution in [0, 0.1) is 4.77 Å². The van der Waals surface area contributed by atoms with Crippen LogP contribution in [0.4, 0.5) is 0 Å². The number of aromatic amines is 2. The van der Waals surface area contributed by atoms with Crippen LogP contribution in [0.15, 0.2) is 9.79 Å². The van der Waals surface area contributed by atoms with Crippen LogP contribution in [0.5, 0.6) is 5.88 Å². The Balaban J connectivity index is 2.54. The van der Waals surface area contributed by atoms with E-state index in [1.807, 2.05) is 0 Å². The molecule has 0 radical (unpaired) electrons. The van der Waals surface area contributed by atoms with Crippen LogP contribution in [0.1, 0.15) is 25.8 Å². The van der Waals surface area contributed by atoms with Crippen LogP contribution >= 0.6 is 12.2 Å². The zero-order valence-electron chi connectivity index (χ0n) is 11.3. The Labute approximate surface area is 117 Å². The van der Waals surface area contributed by atoms with Crippen LogP contribution in [-0.2, 0) is 0 Å². The maximum atomic E-state index is 11.5. The summed E-state index contributed by atoms with van der Waals surface area (Å²) in [5.74, 6) is -0.249. The zero-order chi connectivity index (χ0) is 14.3. The predicted octanol–water partition coefficient (Wildman–Crippen LogP) is 1.29. The third-order valence-electron chi connectivity index (χ3n) is 2.84. The topological polar surface area (TPSA) is 84.5 Å². The molecule has 1 rings (SSSR count). The molecule has 106 valence electrons. The van der Waals surface area contributed by atoms with E-state index in [1.165, 1.54) is 6.21 Å². The average molecular weight is 284 g/mol. The summed E-state index contributed by atoms with van der Waals surface area (Å²) in [5.41, 5.74) is -0.329. The second-order valence-electron chi connectivity index (χ2n) is 4.09. The molecule has 0 aliphatic rings. The summed E-state index contributed by atoms with van der Waals surface area (Å²) >= 11 is 4.74. The molecule has 0 saturated carbocycles. The van der Waals surface area contributed by atoms with Gasteiger partial charge in [0.1, 0.15) is 5.56 Å². The van der Waals surface area contributed by atoms with Crippen LogP contribution < -0.4 is 5.56 Å². The Bertz CT molecular complexity index is 531. The summed E-state index contributed by atoms with van der Waals surface area (Å²) in [6.07, 6.45) is 2.29. The zero-order valence-corrected chi connectivity index (χ0v) is 12.1. The fraction of sp³-hybridized carbons (Fsp3) is 0.583. The van der Waals surface area contributed by atoms with E-state index in [1.54, 1.807) is 0 Å². The van der Waals surface area contributed by atoms with Gasteiger partial charge in [0.2, 0.25) is 5.88 Å². The molecule has 0 aliphatic carbocycles. The first-order valence-electron chi connectivity index (χ1n) is 6.36. The third-order valence-corrected chi connectivity index (χ3v) is 3.04. The maximum Gasteiger partial charge on any atom is 0.264 e. The van der Waals surface area contributed by atoms with E-state index < -0.39 is 5.56 Å². The number of aromatic hydroxyl groups is 1. The van der Waals surface area contributed by atoms with Gasteiger partial charge >= 0.3 is 0 Å². The molecule has 0 spiro atoms. The van der Waals surface area contributed by atoms with Gasteiger partial charge in [0.25, 0.3) is 5.56 Å². The van der Waals surface area contributed by atoms with Crippen molar-refractivity contribution in [2.45, 2.75) is 20.3 Å². The van der Waals surface area contributed by atoms with Crippen molar-refractivity contribution in [3.8, 4) is 5.88 Å². The van der Waals surface area contributed by atoms with Gasteiger partial charge in [-0.1, -0.05) is 13.8 Å². The highest BCUT2D eigenvalue weighted by Crippen LogP contribution is 2.03. The van der Waals surface area contributed by atoms with Gasteiger partial charge < -0.3 is 15.0 Å². The first-order chi connectivity index (χ1) is 9.08. The molecule has 1 heterocycles. The molecule has 1 aromatic heterocycles. The standard InChI is InChI=1S/C12H20N4O2S/c1-3-16(4-2)7-5-6-13-8-9-10(17)14-12(19)15-11(9)18/h8H,3-7H2,1-2H3,(H3,14,15,17,18,19). The van der Waals surface area contributed by atoms with Gasteiger partial charge in [0.05, 0.1) is 0 Å². The number of aromatic nitrogens is 2. The lowest BCUT2D eigenvalue weighted by Crippen LogP contribution is -2.24. The summed E-state index contributed by atoms with van der Waals surface area (Å²) in [4.78, 5) is 22.9. The molecular weight excluding hydrogens is 264 g/mol. The molecule has 0 fully saturated rings. The molecule has 3 N–H and O–H groups in total. The molecule has 0 saturated heterocycles. The monoisotopic (exact) mass is 284 g/mol. The second-order valence-corrected chi connectivity index (χ2v) is 4.49. The van der Waals surface area contributed by atoms with Gasteiger partial charge in [0.15, 0.2) is 4.77 Å². The maximum absolute atomic E-state index is 11.5. The molecule has 0 aliphatic heterocycles. The predicted molar refractivity (Wildman–Crippen MR) is 78.8 cm³/mol. The normalized spacial score (nSPS) is 11.5. The minimum atomic E-state index is -0.436. The molecule has 0 amide bonds. The lowest BCUT2D eigenvalue weighted by Gasteiger charge is -2.16. The van der Waals surface area contributed by atoms with Crippen LogP contribution in [0.3, 0.4) is 0 Å². The smallest absolute Gasteiger partial charge is 0.264 e. The first kappa shape index (κ1) is 15.6. The van der Waals surface area contributed by atoms with Crippen molar-refractivity contribution in [3.05, 3.63) is 20.7 Å². The van der Waals surface area contributed by atoms with Crippen LogP contribution in [-0.4, -0.2) is 52.4 Å². The quantitative estimate of drug-likeness (QED) is 0.400. The Hall–Kier alpha value is -1.47. The van der Waals surface area contributed by atoms with Crippen molar-refractivity contribution < 1.29 is 5.11 Å². The summed E-state index contributed by atoms with van der Waals surface area (Å²) < 4.78 is 0.0983. The molecule has 0 atom stereocenters. The number of nitrogens with zero attached hydrogens (tertiary/aromatic N) is 2. The average Bonchev–Trinajstić information content (AvgIpc) is 2.36. The number of rotatable bonds is 7. The molecule has 7 heteroatoms. The number of nitrogens with one attached hydrogen (secondary N) is 2. The number of hydrogen-bond donors (Lipinski definition) is 3. The van der Waals surface area contributed by atoms with Crippen molar-refractivity contribution in [1.82, 2.24) is 14.9 Å². The van der Waals surface area contributed by atoms with Crippen LogP contribution in [0.25, 0.3) is 0 Å². The van der Waals surface area contributed by atoms with Gasteiger partial charge in [-0.3, -0.25) is 14.8 Å². The molecule has 0 bridgehead atoms. The van der Waals surface area contributed by atoms with Crippen molar-refractivity contribution >= 4 is 18.4 Å². The molecular formula is C12H20N4O2S. The fourth-order valence-corrected chi connectivity index (χ4v) is 1.87. The second kappa shape index (κ2) is 7.85. The number of hydrogen-bond acceptors (Lipinski definition) is 5.